The molecule has 6 nitrogen and oxygen atoms in total. The van der Waals surface area contributed by atoms with E-state index in [0.29, 0.717) is 12.1 Å². The van der Waals surface area contributed by atoms with Gasteiger partial charge in [-0.3, -0.25) is 4.79 Å². The first-order chi connectivity index (χ1) is 10.1. The average molecular weight is 292 g/mol. The lowest BCUT2D eigenvalue weighted by molar-refractivity contribution is 0.0949. The highest BCUT2D eigenvalue weighted by molar-refractivity contribution is 5.95. The van der Waals surface area contributed by atoms with Gasteiger partial charge in [0, 0.05) is 38.3 Å². The van der Waals surface area contributed by atoms with E-state index in [2.05, 4.69) is 22.2 Å². The molecule has 2 rings (SSSR count). The van der Waals surface area contributed by atoms with Crippen molar-refractivity contribution in [3.05, 3.63) is 23.8 Å². The number of nitrogens with two attached hydrogens (primary N) is 1. The van der Waals surface area contributed by atoms with Gasteiger partial charge in [0.25, 0.3) is 5.91 Å². The summed E-state index contributed by atoms with van der Waals surface area (Å²) in [5.74, 6) is -0.233. The average Bonchev–Trinajstić information content (AvgIpc) is 2.48. The Kier molecular flexibility index (Phi) is 5.41. The smallest absolute Gasteiger partial charge is 0.251 e. The minimum atomic E-state index is -0.177. The molecule has 1 saturated heterocycles. The first kappa shape index (κ1) is 15.6. The maximum absolute atomic E-state index is 11.9. The van der Waals surface area contributed by atoms with Crippen molar-refractivity contribution >= 4 is 11.6 Å². The number of anilines is 1. The van der Waals surface area contributed by atoms with Crippen LogP contribution in [0.1, 0.15) is 16.8 Å². The lowest BCUT2D eigenvalue weighted by Gasteiger charge is -2.32. The largest absolute Gasteiger partial charge is 0.506 e. The standard InChI is InChI=1S/C15H24N4O2/c1-18-7-9-19(10-8-18)6-2-5-17-15(21)12-3-4-13(16)14(20)11-12/h3-4,11,20H,2,5-10,16H2,1H3,(H,17,21). The number of aromatic hydroxyl groups is 1. The van der Waals surface area contributed by atoms with Crippen LogP contribution in [0.15, 0.2) is 18.2 Å². The molecular weight excluding hydrogens is 268 g/mol. The molecule has 0 radical (unpaired) electrons. The Morgan fingerprint density at radius 1 is 1.33 bits per heavy atom. The van der Waals surface area contributed by atoms with E-state index >= 15 is 0 Å². The molecule has 116 valence electrons. The number of nitrogens with one attached hydrogen (secondary N) is 1. The van der Waals surface area contributed by atoms with Crippen LogP contribution in [-0.4, -0.2) is 67.1 Å². The van der Waals surface area contributed by atoms with E-state index in [-0.39, 0.29) is 17.3 Å². The molecule has 0 atom stereocenters. The number of phenols is 1. The summed E-state index contributed by atoms with van der Waals surface area (Å²) >= 11 is 0. The number of phenolic OH excluding ortho intramolecular Hbond substituents is 1. The molecule has 1 heterocycles. The van der Waals surface area contributed by atoms with Crippen LogP contribution < -0.4 is 11.1 Å². The van der Waals surface area contributed by atoms with Gasteiger partial charge in [0.15, 0.2) is 0 Å². The Morgan fingerprint density at radius 2 is 2.05 bits per heavy atom. The SMILES string of the molecule is CN1CCN(CCCNC(=O)c2ccc(N)c(O)c2)CC1. The highest BCUT2D eigenvalue weighted by atomic mass is 16.3. The fourth-order valence-electron chi connectivity index (χ4n) is 2.36. The van der Waals surface area contributed by atoms with Gasteiger partial charge in [-0.25, -0.2) is 0 Å². The lowest BCUT2D eigenvalue weighted by atomic mass is 10.2. The van der Waals surface area contributed by atoms with Gasteiger partial charge in [0.05, 0.1) is 5.69 Å². The quantitative estimate of drug-likeness (QED) is 0.414. The van der Waals surface area contributed by atoms with E-state index in [1.165, 1.54) is 12.1 Å². The Hall–Kier alpha value is -1.79. The molecule has 0 saturated carbocycles. The van der Waals surface area contributed by atoms with Crippen LogP contribution in [0.5, 0.6) is 5.75 Å². The summed E-state index contributed by atoms with van der Waals surface area (Å²) in [4.78, 5) is 16.7. The molecule has 0 aromatic heterocycles. The van der Waals surface area contributed by atoms with Gasteiger partial charge in [0.2, 0.25) is 0 Å². The van der Waals surface area contributed by atoms with Crippen molar-refractivity contribution in [2.24, 2.45) is 0 Å². The van der Waals surface area contributed by atoms with Crippen LogP contribution >= 0.6 is 0 Å². The summed E-state index contributed by atoms with van der Waals surface area (Å²) in [6.07, 6.45) is 0.927. The van der Waals surface area contributed by atoms with E-state index in [1.807, 2.05) is 0 Å². The topological polar surface area (TPSA) is 81.8 Å². The van der Waals surface area contributed by atoms with Crippen LogP contribution in [0, 0.1) is 0 Å². The highest BCUT2D eigenvalue weighted by Gasteiger charge is 2.13. The Morgan fingerprint density at radius 3 is 2.71 bits per heavy atom. The second-order valence-corrected chi connectivity index (χ2v) is 5.53. The summed E-state index contributed by atoms with van der Waals surface area (Å²) < 4.78 is 0. The van der Waals surface area contributed by atoms with E-state index in [1.54, 1.807) is 6.07 Å². The number of benzene rings is 1. The monoisotopic (exact) mass is 292 g/mol. The molecule has 1 amide bonds. The number of rotatable bonds is 5. The highest BCUT2D eigenvalue weighted by Crippen LogP contribution is 2.20. The third kappa shape index (κ3) is 4.61. The zero-order chi connectivity index (χ0) is 15.2. The Bertz CT molecular complexity index is 485. The molecule has 0 bridgehead atoms. The summed E-state index contributed by atoms with van der Waals surface area (Å²) in [7, 11) is 2.14. The van der Waals surface area contributed by atoms with Gasteiger partial charge in [-0.15, -0.1) is 0 Å². The molecule has 21 heavy (non-hydrogen) atoms. The van der Waals surface area contributed by atoms with Crippen molar-refractivity contribution in [3.8, 4) is 5.75 Å². The molecule has 0 aliphatic carbocycles. The molecule has 1 aromatic rings. The summed E-state index contributed by atoms with van der Waals surface area (Å²) in [5, 5.41) is 12.4. The molecule has 0 unspecified atom stereocenters. The number of likely N-dealkylation sites (N-methyl/N-ethyl adjacent to an activating group) is 1. The normalized spacial score (nSPS) is 16.8. The van der Waals surface area contributed by atoms with Gasteiger partial charge >= 0.3 is 0 Å². The van der Waals surface area contributed by atoms with Crippen LogP contribution in [-0.2, 0) is 0 Å². The maximum atomic E-state index is 11.9. The molecule has 1 aromatic carbocycles. The van der Waals surface area contributed by atoms with Crippen molar-refractivity contribution in [2.75, 3.05) is 52.0 Å². The van der Waals surface area contributed by atoms with Crippen molar-refractivity contribution in [1.82, 2.24) is 15.1 Å². The van der Waals surface area contributed by atoms with Crippen molar-refractivity contribution in [1.29, 1.82) is 0 Å². The summed E-state index contributed by atoms with van der Waals surface area (Å²) in [6.45, 7) is 6.04. The second kappa shape index (κ2) is 7.28. The molecule has 1 aliphatic rings. The fourth-order valence-corrected chi connectivity index (χ4v) is 2.36. The second-order valence-electron chi connectivity index (χ2n) is 5.53. The van der Waals surface area contributed by atoms with Crippen molar-refractivity contribution < 1.29 is 9.90 Å². The Balaban J connectivity index is 1.68. The van der Waals surface area contributed by atoms with Gasteiger partial charge in [-0.05, 0) is 38.2 Å². The first-order valence-corrected chi connectivity index (χ1v) is 7.34. The van der Waals surface area contributed by atoms with Gasteiger partial charge in [-0.1, -0.05) is 0 Å². The third-order valence-corrected chi connectivity index (χ3v) is 3.83. The van der Waals surface area contributed by atoms with Crippen molar-refractivity contribution in [3.63, 3.8) is 0 Å². The summed E-state index contributed by atoms with van der Waals surface area (Å²) in [6, 6.07) is 4.55. The molecule has 6 heteroatoms. The molecule has 4 N–H and O–H groups in total. The number of carbonyl (C=O) groups excluding carboxylic acids is 1. The third-order valence-electron chi connectivity index (χ3n) is 3.83. The van der Waals surface area contributed by atoms with E-state index in [4.69, 9.17) is 5.73 Å². The molecule has 1 fully saturated rings. The number of hydrogen-bond donors (Lipinski definition) is 3. The predicted octanol–water partition coefficient (Wildman–Crippen LogP) is 0.342. The van der Waals surface area contributed by atoms with E-state index in [9.17, 15) is 9.90 Å². The minimum Gasteiger partial charge on any atom is -0.506 e. The van der Waals surface area contributed by atoms with Gasteiger partial charge in [-0.2, -0.15) is 0 Å². The maximum Gasteiger partial charge on any atom is 0.251 e. The number of nitrogens with zero attached hydrogens (tertiary/aromatic N) is 2. The van der Waals surface area contributed by atoms with Crippen LogP contribution in [0.4, 0.5) is 5.69 Å². The Labute approximate surface area is 125 Å². The molecular formula is C15H24N4O2. The van der Waals surface area contributed by atoms with E-state index < -0.39 is 0 Å². The fraction of sp³-hybridized carbons (Fsp3) is 0.533. The van der Waals surface area contributed by atoms with Gasteiger partial charge in [0.1, 0.15) is 5.75 Å². The number of hydrogen-bond acceptors (Lipinski definition) is 5. The van der Waals surface area contributed by atoms with Crippen LogP contribution in [0.2, 0.25) is 0 Å². The number of carbonyl (C=O) groups is 1. The van der Waals surface area contributed by atoms with Crippen LogP contribution in [0.25, 0.3) is 0 Å². The predicted molar refractivity (Wildman–Crippen MR) is 83.4 cm³/mol. The summed E-state index contributed by atoms with van der Waals surface area (Å²) in [5.41, 5.74) is 6.22. The van der Waals surface area contributed by atoms with Crippen LogP contribution in [0.3, 0.4) is 0 Å². The lowest BCUT2D eigenvalue weighted by Crippen LogP contribution is -2.45. The zero-order valence-corrected chi connectivity index (χ0v) is 12.5. The number of amides is 1. The zero-order valence-electron chi connectivity index (χ0n) is 12.5. The minimum absolute atomic E-state index is 0.0555. The van der Waals surface area contributed by atoms with Crippen molar-refractivity contribution in [2.45, 2.75) is 6.42 Å². The number of nitrogen functional groups attached to an aromatic ring is 1. The first-order valence-electron chi connectivity index (χ1n) is 7.34. The molecule has 1 aliphatic heterocycles. The molecule has 0 spiro atoms. The van der Waals surface area contributed by atoms with Gasteiger partial charge < -0.3 is 26.0 Å². The van der Waals surface area contributed by atoms with E-state index in [0.717, 1.165) is 39.1 Å². The number of piperazine rings is 1.